The van der Waals surface area contributed by atoms with Crippen LogP contribution in [-0.2, 0) is 6.54 Å². The Morgan fingerprint density at radius 3 is 2.47 bits per heavy atom. The largest absolute Gasteiger partial charge is 0.347 e. The molecule has 4 nitrogen and oxygen atoms in total. The molecule has 0 aliphatic carbocycles. The molecular formula is C14H15ClN2O2. The van der Waals surface area contributed by atoms with Crippen LogP contribution < -0.4 is 0 Å². The van der Waals surface area contributed by atoms with Crippen LogP contribution in [0.5, 0.6) is 0 Å². The van der Waals surface area contributed by atoms with Gasteiger partial charge in [0, 0.05) is 30.6 Å². The molecule has 1 aromatic carbocycles. The lowest BCUT2D eigenvalue weighted by atomic mass is 10.2. The molecule has 0 bridgehead atoms. The zero-order valence-electron chi connectivity index (χ0n) is 11.1. The molecule has 0 spiro atoms. The first-order valence-electron chi connectivity index (χ1n) is 5.96. The maximum Gasteiger partial charge on any atom is 0.270 e. The van der Waals surface area contributed by atoms with Crippen molar-refractivity contribution in [2.45, 2.75) is 27.3 Å². The van der Waals surface area contributed by atoms with E-state index >= 15 is 0 Å². The summed E-state index contributed by atoms with van der Waals surface area (Å²) in [6, 6.07) is 4.60. The second kappa shape index (κ2) is 5.05. The average molecular weight is 279 g/mol. The first kappa shape index (κ1) is 13.6. The van der Waals surface area contributed by atoms with E-state index in [4.69, 9.17) is 11.6 Å². The van der Waals surface area contributed by atoms with Crippen LogP contribution in [-0.4, -0.2) is 9.49 Å². The molecule has 0 atom stereocenters. The first-order chi connectivity index (χ1) is 8.90. The standard InChI is InChI=1S/C14H15ClN2O2/c1-9-7-16(11(3)10(9)2)8-12-4-5-13(17(18)19)6-14(12)15/h4-7H,8H2,1-3H3. The van der Waals surface area contributed by atoms with Gasteiger partial charge in [-0.2, -0.15) is 0 Å². The maximum atomic E-state index is 10.7. The third-order valence-corrected chi connectivity index (χ3v) is 3.85. The smallest absolute Gasteiger partial charge is 0.270 e. The number of aromatic nitrogens is 1. The lowest BCUT2D eigenvalue weighted by Crippen LogP contribution is -2.01. The fourth-order valence-corrected chi connectivity index (χ4v) is 2.29. The minimum absolute atomic E-state index is 0.0188. The van der Waals surface area contributed by atoms with Crippen LogP contribution in [0.1, 0.15) is 22.4 Å². The van der Waals surface area contributed by atoms with E-state index in [2.05, 4.69) is 31.5 Å². The number of nitrogens with zero attached hydrogens (tertiary/aromatic N) is 2. The van der Waals surface area contributed by atoms with E-state index in [1.807, 2.05) is 0 Å². The van der Waals surface area contributed by atoms with Crippen molar-refractivity contribution in [1.29, 1.82) is 0 Å². The Kier molecular flexibility index (Phi) is 3.62. The third-order valence-electron chi connectivity index (χ3n) is 3.50. The Bertz CT molecular complexity index is 647. The zero-order valence-corrected chi connectivity index (χ0v) is 11.9. The number of hydrogen-bond donors (Lipinski definition) is 0. The number of benzene rings is 1. The predicted molar refractivity (Wildman–Crippen MR) is 75.9 cm³/mol. The predicted octanol–water partition coefficient (Wildman–Crippen LogP) is 4.02. The summed E-state index contributed by atoms with van der Waals surface area (Å²) in [5, 5.41) is 11.1. The van der Waals surface area contributed by atoms with E-state index in [0.717, 1.165) is 5.56 Å². The molecule has 5 heteroatoms. The summed E-state index contributed by atoms with van der Waals surface area (Å²) in [5.74, 6) is 0. The summed E-state index contributed by atoms with van der Waals surface area (Å²) >= 11 is 6.10. The van der Waals surface area contributed by atoms with Crippen molar-refractivity contribution in [1.82, 2.24) is 4.57 Å². The molecule has 0 saturated carbocycles. The molecule has 0 amide bonds. The van der Waals surface area contributed by atoms with Crippen LogP contribution in [0.25, 0.3) is 0 Å². The van der Waals surface area contributed by atoms with Crippen molar-refractivity contribution in [3.05, 3.63) is 61.9 Å². The highest BCUT2D eigenvalue weighted by Gasteiger charge is 2.11. The molecule has 0 N–H and O–H groups in total. The van der Waals surface area contributed by atoms with Crippen LogP contribution in [0.15, 0.2) is 24.4 Å². The van der Waals surface area contributed by atoms with Crippen molar-refractivity contribution < 1.29 is 4.92 Å². The minimum atomic E-state index is -0.440. The molecule has 0 aliphatic rings. The number of non-ortho nitro benzene ring substituents is 1. The first-order valence-corrected chi connectivity index (χ1v) is 6.33. The molecule has 1 heterocycles. The van der Waals surface area contributed by atoms with Crippen LogP contribution >= 0.6 is 11.6 Å². The van der Waals surface area contributed by atoms with Gasteiger partial charge in [0.15, 0.2) is 0 Å². The van der Waals surface area contributed by atoms with Gasteiger partial charge >= 0.3 is 0 Å². The highest BCUT2D eigenvalue weighted by atomic mass is 35.5. The number of nitro benzene ring substituents is 1. The molecule has 0 aliphatic heterocycles. The Labute approximate surface area is 116 Å². The maximum absolute atomic E-state index is 10.7. The van der Waals surface area contributed by atoms with Gasteiger partial charge in [0.2, 0.25) is 0 Å². The Hall–Kier alpha value is -1.81. The Morgan fingerprint density at radius 2 is 2.00 bits per heavy atom. The summed E-state index contributed by atoms with van der Waals surface area (Å²) in [5.41, 5.74) is 4.58. The van der Waals surface area contributed by atoms with Crippen molar-refractivity contribution in [3.63, 3.8) is 0 Å². The highest BCUT2D eigenvalue weighted by molar-refractivity contribution is 6.31. The quantitative estimate of drug-likeness (QED) is 0.629. The molecule has 19 heavy (non-hydrogen) atoms. The summed E-state index contributed by atoms with van der Waals surface area (Å²) in [4.78, 5) is 10.2. The van der Waals surface area contributed by atoms with Gasteiger partial charge in [-0.05, 0) is 43.5 Å². The fourth-order valence-electron chi connectivity index (χ4n) is 2.05. The van der Waals surface area contributed by atoms with Crippen LogP contribution in [0.2, 0.25) is 5.02 Å². The van der Waals surface area contributed by atoms with Gasteiger partial charge in [0.25, 0.3) is 5.69 Å². The van der Waals surface area contributed by atoms with E-state index in [0.29, 0.717) is 11.6 Å². The number of hydrogen-bond acceptors (Lipinski definition) is 2. The average Bonchev–Trinajstić information content (AvgIpc) is 2.59. The van der Waals surface area contributed by atoms with Gasteiger partial charge in [-0.3, -0.25) is 10.1 Å². The van der Waals surface area contributed by atoms with Crippen molar-refractivity contribution in [3.8, 4) is 0 Å². The number of aryl methyl sites for hydroxylation is 1. The van der Waals surface area contributed by atoms with Gasteiger partial charge in [-0.25, -0.2) is 0 Å². The minimum Gasteiger partial charge on any atom is -0.347 e. The van der Waals surface area contributed by atoms with Crippen molar-refractivity contribution in [2.75, 3.05) is 0 Å². The second-order valence-electron chi connectivity index (χ2n) is 4.68. The summed E-state index contributed by atoms with van der Waals surface area (Å²) in [7, 11) is 0. The molecule has 2 aromatic rings. The molecule has 1 aromatic heterocycles. The molecule has 0 saturated heterocycles. The molecule has 100 valence electrons. The monoisotopic (exact) mass is 278 g/mol. The van der Waals surface area contributed by atoms with E-state index in [-0.39, 0.29) is 5.69 Å². The van der Waals surface area contributed by atoms with Crippen LogP contribution in [0.4, 0.5) is 5.69 Å². The van der Waals surface area contributed by atoms with Crippen LogP contribution in [0.3, 0.4) is 0 Å². The fraction of sp³-hybridized carbons (Fsp3) is 0.286. The van der Waals surface area contributed by atoms with E-state index in [1.165, 1.54) is 29.0 Å². The van der Waals surface area contributed by atoms with Gasteiger partial charge in [-0.15, -0.1) is 0 Å². The molecule has 2 rings (SSSR count). The second-order valence-corrected chi connectivity index (χ2v) is 5.09. The number of halogens is 1. The zero-order chi connectivity index (χ0) is 14.2. The Morgan fingerprint density at radius 1 is 1.32 bits per heavy atom. The van der Waals surface area contributed by atoms with Gasteiger partial charge in [0.1, 0.15) is 0 Å². The normalized spacial score (nSPS) is 10.7. The Balaban J connectivity index is 2.33. The van der Waals surface area contributed by atoms with Gasteiger partial charge in [-0.1, -0.05) is 11.6 Å². The van der Waals surface area contributed by atoms with E-state index < -0.39 is 4.92 Å². The van der Waals surface area contributed by atoms with Gasteiger partial charge in [0.05, 0.1) is 9.95 Å². The number of rotatable bonds is 3. The SMILES string of the molecule is Cc1cn(Cc2ccc([N+](=O)[O-])cc2Cl)c(C)c1C. The lowest BCUT2D eigenvalue weighted by Gasteiger charge is -2.08. The number of nitro groups is 1. The van der Waals surface area contributed by atoms with Crippen molar-refractivity contribution >= 4 is 17.3 Å². The molecule has 0 fully saturated rings. The van der Waals surface area contributed by atoms with E-state index in [1.54, 1.807) is 6.07 Å². The summed E-state index contributed by atoms with van der Waals surface area (Å²) in [6.07, 6.45) is 2.07. The van der Waals surface area contributed by atoms with Crippen molar-refractivity contribution in [2.24, 2.45) is 0 Å². The highest BCUT2D eigenvalue weighted by Crippen LogP contribution is 2.24. The summed E-state index contributed by atoms with van der Waals surface area (Å²) in [6.45, 7) is 6.83. The summed E-state index contributed by atoms with van der Waals surface area (Å²) < 4.78 is 2.11. The molecule has 0 unspecified atom stereocenters. The van der Waals surface area contributed by atoms with Gasteiger partial charge < -0.3 is 4.57 Å². The molecular weight excluding hydrogens is 264 g/mol. The van der Waals surface area contributed by atoms with Crippen LogP contribution in [0, 0.1) is 30.9 Å². The third kappa shape index (κ3) is 2.63. The topological polar surface area (TPSA) is 48.1 Å². The molecule has 0 radical (unpaired) electrons. The van der Waals surface area contributed by atoms with E-state index in [9.17, 15) is 10.1 Å². The lowest BCUT2D eigenvalue weighted by molar-refractivity contribution is -0.384.